The number of nitrogen functional groups attached to an aromatic ring is 2. The van der Waals surface area contributed by atoms with E-state index in [4.69, 9.17) is 25.3 Å². The van der Waals surface area contributed by atoms with Gasteiger partial charge in [-0.15, -0.1) is 0 Å². The van der Waals surface area contributed by atoms with Crippen LogP contribution in [0.2, 0.25) is 0 Å². The Kier molecular flexibility index (Phi) is 7.92. The number of nitrogens with zero attached hydrogens (tertiary/aromatic N) is 5. The summed E-state index contributed by atoms with van der Waals surface area (Å²) in [5, 5.41) is 13.2. The van der Waals surface area contributed by atoms with E-state index in [0.717, 1.165) is 6.92 Å². The molecule has 1 aliphatic heterocycles. The van der Waals surface area contributed by atoms with E-state index in [9.17, 15) is 14.5 Å². The van der Waals surface area contributed by atoms with Crippen LogP contribution in [0.1, 0.15) is 25.6 Å². The second kappa shape index (κ2) is 10.8. The van der Waals surface area contributed by atoms with Gasteiger partial charge in [-0.2, -0.15) is 9.97 Å². The number of carbonyl (C=O) groups excluding carboxylic acids is 1. The van der Waals surface area contributed by atoms with Crippen LogP contribution < -0.4 is 16.6 Å². The van der Waals surface area contributed by atoms with Gasteiger partial charge in [-0.1, -0.05) is 6.07 Å². The van der Waals surface area contributed by atoms with Crippen molar-refractivity contribution in [2.45, 2.75) is 50.6 Å². The van der Waals surface area contributed by atoms with Crippen LogP contribution in [0, 0.1) is 0 Å². The Hall–Kier alpha value is -3.27. The highest BCUT2D eigenvalue weighted by molar-refractivity contribution is 7.51. The first kappa shape index (κ1) is 27.8. The number of halogens is 1. The van der Waals surface area contributed by atoms with E-state index >= 15 is 4.39 Å². The van der Waals surface area contributed by atoms with Crippen LogP contribution in [0.15, 0.2) is 30.9 Å². The fourth-order valence-corrected chi connectivity index (χ4v) is 5.34. The SMILES string of the molecule is COC(=O)[C@H](C)NP(=O)(OCc1cccnc1)OC[C@H]1O[C@@H](n2cnc3c(N)nc(N)nc32)[C@@](C)(F)[C@H]1O. The molecular formula is C21H28FN8O7P. The molecule has 4 heterocycles. The average Bonchev–Trinajstić information content (AvgIpc) is 3.39. The third-order valence-corrected chi connectivity index (χ3v) is 7.54. The third-order valence-electron chi connectivity index (χ3n) is 5.87. The number of fused-ring (bicyclic) bond motifs is 1. The molecule has 206 valence electrons. The van der Waals surface area contributed by atoms with Gasteiger partial charge >= 0.3 is 13.7 Å². The Morgan fingerprint density at radius 1 is 1.39 bits per heavy atom. The molecule has 1 saturated heterocycles. The van der Waals surface area contributed by atoms with Gasteiger partial charge in [0.2, 0.25) is 5.95 Å². The van der Waals surface area contributed by atoms with Gasteiger partial charge in [0.05, 0.1) is 26.7 Å². The summed E-state index contributed by atoms with van der Waals surface area (Å²) in [6, 6.07) is 2.26. The topological polar surface area (TPSA) is 212 Å². The lowest BCUT2D eigenvalue weighted by atomic mass is 9.98. The number of alkyl halides is 1. The monoisotopic (exact) mass is 554 g/mol. The smallest absolute Gasteiger partial charge is 0.406 e. The van der Waals surface area contributed by atoms with Gasteiger partial charge in [-0.25, -0.2) is 19.0 Å². The normalized spacial score (nSPS) is 25.8. The summed E-state index contributed by atoms with van der Waals surface area (Å²) >= 11 is 0. The maximum Gasteiger partial charge on any atom is 0.406 e. The fourth-order valence-electron chi connectivity index (χ4n) is 3.87. The van der Waals surface area contributed by atoms with E-state index < -0.39 is 50.5 Å². The highest BCUT2D eigenvalue weighted by Crippen LogP contribution is 2.48. The maximum absolute atomic E-state index is 15.8. The van der Waals surface area contributed by atoms with E-state index in [0.29, 0.717) is 5.56 Å². The Bertz CT molecular complexity index is 1340. The summed E-state index contributed by atoms with van der Waals surface area (Å²) in [5.74, 6) is -0.893. The molecule has 0 amide bonds. The first-order valence-electron chi connectivity index (χ1n) is 11.4. The van der Waals surface area contributed by atoms with Crippen molar-refractivity contribution in [3.05, 3.63) is 36.4 Å². The molecule has 6 N–H and O–H groups in total. The Morgan fingerprint density at radius 3 is 2.84 bits per heavy atom. The number of rotatable bonds is 10. The molecule has 0 bridgehead atoms. The highest BCUT2D eigenvalue weighted by Gasteiger charge is 2.56. The molecule has 0 aliphatic carbocycles. The summed E-state index contributed by atoms with van der Waals surface area (Å²) in [6.45, 7) is 1.76. The molecule has 0 saturated carbocycles. The van der Waals surface area contributed by atoms with Crippen molar-refractivity contribution in [2.24, 2.45) is 0 Å². The van der Waals surface area contributed by atoms with E-state index in [-0.39, 0.29) is 29.5 Å². The predicted molar refractivity (Wildman–Crippen MR) is 131 cm³/mol. The average molecular weight is 554 g/mol. The van der Waals surface area contributed by atoms with Crippen molar-refractivity contribution in [1.82, 2.24) is 29.6 Å². The molecule has 0 radical (unpaired) electrons. The second-order valence-electron chi connectivity index (χ2n) is 8.72. The molecule has 38 heavy (non-hydrogen) atoms. The van der Waals surface area contributed by atoms with Crippen molar-refractivity contribution in [1.29, 1.82) is 0 Å². The summed E-state index contributed by atoms with van der Waals surface area (Å²) in [7, 11) is -3.06. The van der Waals surface area contributed by atoms with Gasteiger partial charge in [-0.05, 0) is 25.5 Å². The molecule has 3 aromatic rings. The van der Waals surface area contributed by atoms with Gasteiger partial charge in [0, 0.05) is 12.4 Å². The maximum atomic E-state index is 15.8. The van der Waals surface area contributed by atoms with Crippen LogP contribution in [0.25, 0.3) is 11.2 Å². The number of esters is 1. The zero-order chi connectivity index (χ0) is 27.7. The number of aliphatic hydroxyl groups excluding tert-OH is 1. The number of anilines is 2. The lowest BCUT2D eigenvalue weighted by molar-refractivity contribution is -0.142. The first-order chi connectivity index (χ1) is 17.9. The first-order valence-corrected chi connectivity index (χ1v) is 12.9. The Labute approximate surface area is 216 Å². The number of nitrogens with one attached hydrogen (secondary N) is 1. The number of hydrogen-bond acceptors (Lipinski definition) is 13. The number of hydrogen-bond donors (Lipinski definition) is 4. The van der Waals surface area contributed by atoms with Gasteiger partial charge in [0.25, 0.3) is 0 Å². The molecule has 0 aromatic carbocycles. The molecule has 15 nitrogen and oxygen atoms in total. The molecule has 1 aliphatic rings. The minimum absolute atomic E-state index is 0.0113. The lowest BCUT2D eigenvalue weighted by Crippen LogP contribution is -2.41. The van der Waals surface area contributed by atoms with Gasteiger partial charge < -0.3 is 26.0 Å². The lowest BCUT2D eigenvalue weighted by Gasteiger charge is -2.25. The van der Waals surface area contributed by atoms with Crippen molar-refractivity contribution in [3.8, 4) is 0 Å². The molecule has 17 heteroatoms. The molecule has 0 spiro atoms. The molecule has 1 unspecified atom stereocenters. The number of aromatic nitrogens is 5. The summed E-state index contributed by atoms with van der Waals surface area (Å²) in [4.78, 5) is 27.8. The molecular weight excluding hydrogens is 526 g/mol. The number of imidazole rings is 1. The van der Waals surface area contributed by atoms with E-state index in [1.54, 1.807) is 18.3 Å². The van der Waals surface area contributed by atoms with Crippen LogP contribution in [-0.2, 0) is 34.5 Å². The molecule has 6 atom stereocenters. The number of aliphatic hydroxyl groups is 1. The fraction of sp³-hybridized carbons (Fsp3) is 0.476. The van der Waals surface area contributed by atoms with Gasteiger partial charge in [-0.3, -0.25) is 23.4 Å². The van der Waals surface area contributed by atoms with E-state index in [1.807, 2.05) is 0 Å². The zero-order valence-corrected chi connectivity index (χ0v) is 21.6. The Morgan fingerprint density at radius 2 is 2.16 bits per heavy atom. The number of pyridine rings is 1. The van der Waals surface area contributed by atoms with Crippen LogP contribution in [0.3, 0.4) is 0 Å². The quantitative estimate of drug-likeness (QED) is 0.202. The minimum atomic E-state index is -4.23. The minimum Gasteiger partial charge on any atom is -0.468 e. The Balaban J connectivity index is 1.53. The van der Waals surface area contributed by atoms with Crippen molar-refractivity contribution < 1.29 is 37.4 Å². The van der Waals surface area contributed by atoms with Crippen molar-refractivity contribution in [2.75, 3.05) is 25.2 Å². The van der Waals surface area contributed by atoms with Crippen molar-refractivity contribution >= 4 is 36.6 Å². The van der Waals surface area contributed by atoms with Gasteiger partial charge in [0.1, 0.15) is 23.8 Å². The number of carbonyl (C=O) groups is 1. The van der Waals surface area contributed by atoms with Crippen LogP contribution in [0.4, 0.5) is 16.2 Å². The number of methoxy groups -OCH3 is 1. The number of nitrogens with two attached hydrogens (primary N) is 2. The third kappa shape index (κ3) is 5.60. The predicted octanol–water partition coefficient (Wildman–Crippen LogP) is 0.865. The van der Waals surface area contributed by atoms with Crippen LogP contribution in [-0.4, -0.2) is 73.2 Å². The summed E-state index contributed by atoms with van der Waals surface area (Å²) in [5.41, 5.74) is 9.97. The standard InChI is InChI=1S/C21H28FN8O7P/c1-11(18(32)34-3)29-38(33,35-8-12-5-4-6-25-7-12)36-9-13-15(31)21(2,22)19(37-13)30-10-26-14-16(23)27-20(24)28-17(14)30/h4-7,10-11,13,15,19,31H,8-9H2,1-3H3,(H,29,33)(H4,23,24,27,28)/t11-,13+,15-,19+,21-,38?/m0/s1. The second-order valence-corrected chi connectivity index (χ2v) is 10.5. The largest absolute Gasteiger partial charge is 0.468 e. The molecule has 1 fully saturated rings. The van der Waals surface area contributed by atoms with Crippen molar-refractivity contribution in [3.63, 3.8) is 0 Å². The zero-order valence-electron chi connectivity index (χ0n) is 20.7. The highest BCUT2D eigenvalue weighted by atomic mass is 31.2. The summed E-state index contributed by atoms with van der Waals surface area (Å²) in [6.07, 6.45) is -0.188. The van der Waals surface area contributed by atoms with E-state index in [1.165, 1.54) is 31.1 Å². The molecule has 3 aromatic heterocycles. The van der Waals surface area contributed by atoms with Crippen LogP contribution >= 0.6 is 7.75 Å². The van der Waals surface area contributed by atoms with E-state index in [2.05, 4.69) is 29.8 Å². The van der Waals surface area contributed by atoms with Gasteiger partial charge in [0.15, 0.2) is 23.4 Å². The number of ether oxygens (including phenoxy) is 2. The summed E-state index contributed by atoms with van der Waals surface area (Å²) < 4.78 is 52.0. The van der Waals surface area contributed by atoms with Crippen LogP contribution in [0.5, 0.6) is 0 Å². The molecule has 4 rings (SSSR count).